The van der Waals surface area contributed by atoms with Crippen LogP contribution in [0.5, 0.6) is 0 Å². The zero-order valence-electron chi connectivity index (χ0n) is 12.0. The number of ketones is 1. The minimum Gasteiger partial charge on any atom is -0.453 e. The van der Waals surface area contributed by atoms with Crippen molar-refractivity contribution in [2.45, 2.75) is 13.5 Å². The largest absolute Gasteiger partial charge is 0.453 e. The fourth-order valence-electron chi connectivity index (χ4n) is 2.22. The highest BCUT2D eigenvalue weighted by atomic mass is 32.1. The number of hydrogen-bond donors (Lipinski definition) is 0. The van der Waals surface area contributed by atoms with E-state index in [-0.39, 0.29) is 5.78 Å². The molecule has 0 atom stereocenters. The molecule has 0 N–H and O–H groups in total. The summed E-state index contributed by atoms with van der Waals surface area (Å²) in [7, 11) is 1.93. The van der Waals surface area contributed by atoms with Gasteiger partial charge in [-0.3, -0.25) is 9.69 Å². The van der Waals surface area contributed by atoms with Crippen LogP contribution in [0.15, 0.2) is 40.3 Å². The Hall–Kier alpha value is -1.98. The number of para-hydroxylation sites is 1. The number of hydrogen-bond acceptors (Lipinski definition) is 5. The van der Waals surface area contributed by atoms with Gasteiger partial charge in [0.25, 0.3) is 0 Å². The summed E-state index contributed by atoms with van der Waals surface area (Å²) in [4.78, 5) is 19.7. The fourth-order valence-corrected chi connectivity index (χ4v) is 3.08. The van der Waals surface area contributed by atoms with Crippen molar-refractivity contribution < 1.29 is 9.21 Å². The molecule has 2 heterocycles. The Labute approximate surface area is 127 Å². The van der Waals surface area contributed by atoms with Crippen LogP contribution in [0.2, 0.25) is 0 Å². The molecule has 2 aromatic heterocycles. The van der Waals surface area contributed by atoms with Gasteiger partial charge in [-0.05, 0) is 26.1 Å². The molecule has 21 heavy (non-hydrogen) atoms. The number of benzene rings is 1. The number of furan rings is 1. The second kappa shape index (κ2) is 5.79. The van der Waals surface area contributed by atoms with Crippen LogP contribution in [0.1, 0.15) is 21.1 Å². The van der Waals surface area contributed by atoms with Gasteiger partial charge in [0.1, 0.15) is 5.58 Å². The number of thiazole rings is 1. The molecule has 0 fully saturated rings. The Morgan fingerprint density at radius 3 is 2.90 bits per heavy atom. The molecular formula is C16H16N2O2S. The Morgan fingerprint density at radius 1 is 1.38 bits per heavy atom. The Balaban J connectivity index is 1.69. The van der Waals surface area contributed by atoms with E-state index < -0.39 is 0 Å². The lowest BCUT2D eigenvalue weighted by molar-refractivity contribution is 0.0918. The van der Waals surface area contributed by atoms with Crippen LogP contribution in [0.3, 0.4) is 0 Å². The molecule has 0 bridgehead atoms. The van der Waals surface area contributed by atoms with E-state index in [1.807, 2.05) is 54.7 Å². The number of nitrogens with zero attached hydrogens (tertiary/aromatic N) is 2. The third kappa shape index (κ3) is 3.04. The van der Waals surface area contributed by atoms with Crippen molar-refractivity contribution in [2.24, 2.45) is 0 Å². The Morgan fingerprint density at radius 2 is 2.19 bits per heavy atom. The summed E-state index contributed by atoms with van der Waals surface area (Å²) in [6.07, 6.45) is 0. The first-order chi connectivity index (χ1) is 10.1. The number of carbonyl (C=O) groups is 1. The minimum atomic E-state index is -0.00383. The summed E-state index contributed by atoms with van der Waals surface area (Å²) in [6, 6.07) is 9.46. The molecular weight excluding hydrogens is 284 g/mol. The van der Waals surface area contributed by atoms with Gasteiger partial charge in [-0.2, -0.15) is 0 Å². The number of rotatable bonds is 5. The highest BCUT2D eigenvalue weighted by Crippen LogP contribution is 2.20. The molecule has 0 radical (unpaired) electrons. The normalized spacial score (nSPS) is 11.4. The highest BCUT2D eigenvalue weighted by Gasteiger charge is 2.15. The van der Waals surface area contributed by atoms with Gasteiger partial charge in [-0.1, -0.05) is 18.2 Å². The van der Waals surface area contributed by atoms with Gasteiger partial charge in [-0.25, -0.2) is 4.98 Å². The van der Waals surface area contributed by atoms with Gasteiger partial charge in [-0.15, -0.1) is 11.3 Å². The third-order valence-electron chi connectivity index (χ3n) is 3.37. The molecule has 0 aliphatic rings. The standard InChI is InChI=1S/C16H16N2O2S/c1-11-16(21-10-17-11)9-18(2)8-13(19)15-7-12-5-3-4-6-14(12)20-15/h3-7,10H,8-9H2,1-2H3. The van der Waals surface area contributed by atoms with Gasteiger partial charge >= 0.3 is 0 Å². The van der Waals surface area contributed by atoms with Crippen LogP contribution in [0.4, 0.5) is 0 Å². The Kier molecular flexibility index (Phi) is 3.86. The summed E-state index contributed by atoms with van der Waals surface area (Å²) in [5.74, 6) is 0.417. The van der Waals surface area contributed by atoms with Crippen molar-refractivity contribution in [1.82, 2.24) is 9.88 Å². The molecule has 0 amide bonds. The third-order valence-corrected chi connectivity index (χ3v) is 4.29. The lowest BCUT2D eigenvalue weighted by Gasteiger charge is -2.13. The molecule has 3 rings (SSSR count). The monoisotopic (exact) mass is 300 g/mol. The molecule has 0 aliphatic heterocycles. The quantitative estimate of drug-likeness (QED) is 0.676. The fraction of sp³-hybridized carbons (Fsp3) is 0.250. The van der Waals surface area contributed by atoms with Crippen molar-refractivity contribution in [1.29, 1.82) is 0 Å². The van der Waals surface area contributed by atoms with Crippen LogP contribution < -0.4 is 0 Å². The van der Waals surface area contributed by atoms with Crippen LogP contribution in [0, 0.1) is 6.92 Å². The van der Waals surface area contributed by atoms with Crippen molar-refractivity contribution >= 4 is 28.1 Å². The van der Waals surface area contributed by atoms with E-state index in [1.54, 1.807) is 11.3 Å². The molecule has 0 unspecified atom stereocenters. The van der Waals surface area contributed by atoms with Crippen LogP contribution >= 0.6 is 11.3 Å². The van der Waals surface area contributed by atoms with Crippen LogP contribution in [-0.4, -0.2) is 29.3 Å². The summed E-state index contributed by atoms with van der Waals surface area (Å²) in [5.41, 5.74) is 3.62. The summed E-state index contributed by atoms with van der Waals surface area (Å²) in [6.45, 7) is 3.04. The maximum Gasteiger partial charge on any atom is 0.211 e. The first-order valence-corrected chi connectivity index (χ1v) is 7.61. The maximum atomic E-state index is 12.3. The Bertz CT molecular complexity index is 742. The average Bonchev–Trinajstić information content (AvgIpc) is 3.05. The van der Waals surface area contributed by atoms with Gasteiger partial charge in [0, 0.05) is 16.8 Å². The van der Waals surface area contributed by atoms with Gasteiger partial charge in [0.2, 0.25) is 5.78 Å². The number of Topliss-reactive ketones (excluding diaryl/α,β-unsaturated/α-hetero) is 1. The lowest BCUT2D eigenvalue weighted by atomic mass is 10.2. The van der Waals surface area contributed by atoms with E-state index in [9.17, 15) is 4.79 Å². The number of likely N-dealkylation sites (N-methyl/N-ethyl adjacent to an activating group) is 1. The first-order valence-electron chi connectivity index (χ1n) is 6.73. The smallest absolute Gasteiger partial charge is 0.211 e. The molecule has 4 nitrogen and oxygen atoms in total. The van der Waals surface area contributed by atoms with Crippen LogP contribution in [0.25, 0.3) is 11.0 Å². The van der Waals surface area contributed by atoms with E-state index in [0.717, 1.165) is 23.2 Å². The average molecular weight is 300 g/mol. The second-order valence-electron chi connectivity index (χ2n) is 5.10. The van der Waals surface area contributed by atoms with Crippen LogP contribution in [-0.2, 0) is 6.54 Å². The number of fused-ring (bicyclic) bond motifs is 1. The molecule has 3 aromatic rings. The van der Waals surface area contributed by atoms with Crippen molar-refractivity contribution in [3.63, 3.8) is 0 Å². The van der Waals surface area contributed by atoms with Crippen molar-refractivity contribution in [2.75, 3.05) is 13.6 Å². The molecule has 108 valence electrons. The molecule has 5 heteroatoms. The molecule has 0 spiro atoms. The van der Waals surface area contributed by atoms with E-state index in [0.29, 0.717) is 12.3 Å². The lowest BCUT2D eigenvalue weighted by Crippen LogP contribution is -2.25. The van der Waals surface area contributed by atoms with Crippen molar-refractivity contribution in [3.8, 4) is 0 Å². The topological polar surface area (TPSA) is 46.3 Å². The van der Waals surface area contributed by atoms with Crippen molar-refractivity contribution in [3.05, 3.63) is 52.2 Å². The number of aromatic nitrogens is 1. The van der Waals surface area contributed by atoms with Gasteiger partial charge in [0.15, 0.2) is 5.76 Å². The van der Waals surface area contributed by atoms with E-state index in [2.05, 4.69) is 4.98 Å². The second-order valence-corrected chi connectivity index (χ2v) is 6.04. The molecule has 0 aliphatic carbocycles. The zero-order chi connectivity index (χ0) is 14.8. The van der Waals surface area contributed by atoms with Gasteiger partial charge < -0.3 is 4.42 Å². The predicted octanol–water partition coefficient (Wildman–Crippen LogP) is 3.51. The maximum absolute atomic E-state index is 12.3. The first kappa shape index (κ1) is 14.0. The van der Waals surface area contributed by atoms with Gasteiger partial charge in [0.05, 0.1) is 17.7 Å². The summed E-state index contributed by atoms with van der Waals surface area (Å²) >= 11 is 1.62. The molecule has 0 saturated carbocycles. The van der Waals surface area contributed by atoms with E-state index >= 15 is 0 Å². The molecule has 1 aromatic carbocycles. The summed E-state index contributed by atoms with van der Waals surface area (Å²) < 4.78 is 5.60. The zero-order valence-corrected chi connectivity index (χ0v) is 12.8. The summed E-state index contributed by atoms with van der Waals surface area (Å²) in [5, 5.41) is 0.960. The van der Waals surface area contributed by atoms with E-state index in [4.69, 9.17) is 4.42 Å². The highest BCUT2D eigenvalue weighted by molar-refractivity contribution is 7.09. The minimum absolute atomic E-state index is 0.00383. The van der Waals surface area contributed by atoms with E-state index in [1.165, 1.54) is 4.88 Å². The molecule has 0 saturated heterocycles. The number of carbonyl (C=O) groups excluding carboxylic acids is 1. The predicted molar refractivity (Wildman–Crippen MR) is 83.7 cm³/mol. The number of aryl methyl sites for hydroxylation is 1. The SMILES string of the molecule is Cc1ncsc1CN(C)CC(=O)c1cc2ccccc2o1.